The molecule has 0 amide bonds. The zero-order valence-corrected chi connectivity index (χ0v) is 18.8. The highest BCUT2D eigenvalue weighted by Gasteiger charge is 2.37. The molecular weight excluding hydrogens is 407 g/mol. The van der Waals surface area contributed by atoms with Crippen LogP contribution < -0.4 is 5.73 Å². The number of nitrogens with one attached hydrogen (secondary N) is 1. The SMILES string of the molecule is CC1(C)CC(=C(c2ccc(C=CC(=O)O)cc2)c2ccc(N)c(C(=N)F)c2)CC(C)(C)O1. The van der Waals surface area contributed by atoms with Crippen molar-refractivity contribution < 1.29 is 19.0 Å². The van der Waals surface area contributed by atoms with Gasteiger partial charge in [0.25, 0.3) is 0 Å². The fourth-order valence-corrected chi connectivity index (χ4v) is 4.49. The number of rotatable bonds is 5. The van der Waals surface area contributed by atoms with Crippen LogP contribution in [-0.4, -0.2) is 28.2 Å². The molecule has 0 radical (unpaired) electrons. The van der Waals surface area contributed by atoms with Gasteiger partial charge in [-0.1, -0.05) is 35.9 Å². The van der Waals surface area contributed by atoms with E-state index in [9.17, 15) is 9.18 Å². The predicted octanol–water partition coefficient (Wildman–Crippen LogP) is 5.83. The molecule has 3 rings (SSSR count). The van der Waals surface area contributed by atoms with Gasteiger partial charge < -0.3 is 15.6 Å². The molecule has 32 heavy (non-hydrogen) atoms. The molecule has 0 spiro atoms. The Bertz CT molecular complexity index is 1090. The van der Waals surface area contributed by atoms with Gasteiger partial charge in [0, 0.05) is 11.8 Å². The predicted molar refractivity (Wildman–Crippen MR) is 126 cm³/mol. The summed E-state index contributed by atoms with van der Waals surface area (Å²) in [6, 6.07) is 12.6. The number of benzene rings is 2. The Hall–Kier alpha value is -3.25. The molecule has 5 nitrogen and oxygen atoms in total. The maximum Gasteiger partial charge on any atom is 0.328 e. The molecule has 2 aromatic rings. The quantitative estimate of drug-likeness (QED) is 0.312. The summed E-state index contributed by atoms with van der Waals surface area (Å²) in [5.74, 6) is -2.08. The van der Waals surface area contributed by atoms with E-state index in [-0.39, 0.29) is 22.5 Å². The number of aliphatic carboxylic acids is 1. The summed E-state index contributed by atoms with van der Waals surface area (Å²) in [5.41, 5.74) is 9.99. The minimum Gasteiger partial charge on any atom is -0.478 e. The van der Waals surface area contributed by atoms with Gasteiger partial charge >= 0.3 is 5.97 Å². The topological polar surface area (TPSA) is 96.4 Å². The van der Waals surface area contributed by atoms with E-state index >= 15 is 0 Å². The molecule has 6 heteroatoms. The van der Waals surface area contributed by atoms with Crippen molar-refractivity contribution >= 4 is 29.3 Å². The van der Waals surface area contributed by atoms with Gasteiger partial charge in [0.2, 0.25) is 5.97 Å². The summed E-state index contributed by atoms with van der Waals surface area (Å²) in [4.78, 5) is 10.8. The molecule has 1 fully saturated rings. The van der Waals surface area contributed by atoms with Crippen molar-refractivity contribution in [1.29, 1.82) is 5.41 Å². The highest BCUT2D eigenvalue weighted by molar-refractivity contribution is 5.98. The highest BCUT2D eigenvalue weighted by atomic mass is 19.1. The van der Waals surface area contributed by atoms with Crippen LogP contribution >= 0.6 is 0 Å². The van der Waals surface area contributed by atoms with E-state index in [0.717, 1.165) is 28.3 Å². The van der Waals surface area contributed by atoms with E-state index in [1.165, 1.54) is 11.6 Å². The lowest BCUT2D eigenvalue weighted by molar-refractivity contribution is -0.138. The summed E-state index contributed by atoms with van der Waals surface area (Å²) in [7, 11) is 0. The monoisotopic (exact) mass is 436 g/mol. The van der Waals surface area contributed by atoms with E-state index in [1.807, 2.05) is 30.3 Å². The van der Waals surface area contributed by atoms with Crippen LogP contribution in [0.2, 0.25) is 0 Å². The van der Waals surface area contributed by atoms with Crippen LogP contribution in [0.4, 0.5) is 10.1 Å². The van der Waals surface area contributed by atoms with Crippen molar-refractivity contribution in [3.63, 3.8) is 0 Å². The van der Waals surface area contributed by atoms with E-state index in [0.29, 0.717) is 12.8 Å². The van der Waals surface area contributed by atoms with Crippen molar-refractivity contribution in [3.05, 3.63) is 76.4 Å². The minimum absolute atomic E-state index is 0.0622. The minimum atomic E-state index is -1.07. The van der Waals surface area contributed by atoms with Crippen LogP contribution in [-0.2, 0) is 9.53 Å². The number of hydrogen-bond acceptors (Lipinski definition) is 4. The second kappa shape index (κ2) is 8.71. The van der Waals surface area contributed by atoms with E-state index in [4.69, 9.17) is 21.0 Å². The van der Waals surface area contributed by atoms with E-state index < -0.39 is 11.9 Å². The lowest BCUT2D eigenvalue weighted by Gasteiger charge is -2.43. The Morgan fingerprint density at radius 2 is 1.62 bits per heavy atom. The standard InChI is InChI=1S/C26H29FN2O3/c1-25(2)14-19(15-26(3,4)32-25)23(18-10-11-21(28)20(13-18)24(27)29)17-8-5-16(6-9-17)7-12-22(30)31/h5-13,29H,14-15,28H2,1-4H3,(H,30,31). The molecule has 0 aromatic heterocycles. The first-order valence-corrected chi connectivity index (χ1v) is 10.4. The molecule has 0 saturated carbocycles. The van der Waals surface area contributed by atoms with E-state index in [1.54, 1.807) is 12.1 Å². The molecule has 0 aliphatic carbocycles. The van der Waals surface area contributed by atoms with Crippen molar-refractivity contribution in [2.75, 3.05) is 5.73 Å². The first kappa shape index (κ1) is 23.4. The Balaban J connectivity index is 2.20. The van der Waals surface area contributed by atoms with Gasteiger partial charge in [-0.2, -0.15) is 4.39 Å². The lowest BCUT2D eigenvalue weighted by Crippen LogP contribution is -2.42. The molecule has 0 atom stereocenters. The summed E-state index contributed by atoms with van der Waals surface area (Å²) in [6.07, 6.45) is 4.01. The normalized spacial score (nSPS) is 17.3. The molecule has 1 heterocycles. The van der Waals surface area contributed by atoms with E-state index in [2.05, 4.69) is 27.7 Å². The van der Waals surface area contributed by atoms with Gasteiger partial charge in [0.1, 0.15) is 0 Å². The number of halogens is 1. The highest BCUT2D eigenvalue weighted by Crippen LogP contribution is 2.43. The Morgan fingerprint density at radius 1 is 1.06 bits per heavy atom. The van der Waals surface area contributed by atoms with Crippen LogP contribution in [0.15, 0.2) is 54.1 Å². The van der Waals surface area contributed by atoms with Crippen molar-refractivity contribution in [2.45, 2.75) is 51.7 Å². The molecule has 1 saturated heterocycles. The molecule has 168 valence electrons. The van der Waals surface area contributed by atoms with Crippen LogP contribution in [0.1, 0.15) is 62.8 Å². The third-order valence-electron chi connectivity index (χ3n) is 5.38. The second-order valence-electron chi connectivity index (χ2n) is 9.36. The van der Waals surface area contributed by atoms with Crippen LogP contribution in [0.5, 0.6) is 0 Å². The number of anilines is 1. The van der Waals surface area contributed by atoms with Gasteiger partial charge in [-0.25, -0.2) is 4.79 Å². The third-order valence-corrected chi connectivity index (χ3v) is 5.38. The van der Waals surface area contributed by atoms with Crippen molar-refractivity contribution in [2.24, 2.45) is 0 Å². The van der Waals surface area contributed by atoms with Crippen molar-refractivity contribution in [3.8, 4) is 0 Å². The number of nitrogen functional groups attached to an aromatic ring is 1. The zero-order valence-electron chi connectivity index (χ0n) is 18.8. The van der Waals surface area contributed by atoms with Crippen LogP contribution in [0, 0.1) is 5.41 Å². The fraction of sp³-hybridized carbons (Fsp3) is 0.308. The Kier molecular flexibility index (Phi) is 6.37. The maximum atomic E-state index is 13.8. The molecule has 0 unspecified atom stereocenters. The summed E-state index contributed by atoms with van der Waals surface area (Å²) in [6.45, 7) is 8.21. The first-order chi connectivity index (χ1) is 14.9. The zero-order chi connectivity index (χ0) is 23.7. The summed E-state index contributed by atoms with van der Waals surface area (Å²) >= 11 is 0. The average molecular weight is 437 g/mol. The first-order valence-electron chi connectivity index (χ1n) is 10.4. The third kappa shape index (κ3) is 5.51. The summed E-state index contributed by atoms with van der Waals surface area (Å²) in [5, 5.41) is 16.3. The van der Waals surface area contributed by atoms with Gasteiger partial charge in [0.15, 0.2) is 0 Å². The smallest absolute Gasteiger partial charge is 0.328 e. The van der Waals surface area contributed by atoms with Gasteiger partial charge in [-0.15, -0.1) is 0 Å². The van der Waals surface area contributed by atoms with Gasteiger partial charge in [-0.05, 0) is 81.0 Å². The molecule has 1 aliphatic heterocycles. The fourth-order valence-electron chi connectivity index (χ4n) is 4.49. The van der Waals surface area contributed by atoms with Crippen LogP contribution in [0.25, 0.3) is 11.6 Å². The number of nitrogens with two attached hydrogens (primary N) is 1. The van der Waals surface area contributed by atoms with Crippen LogP contribution in [0.3, 0.4) is 0 Å². The maximum absolute atomic E-state index is 13.8. The van der Waals surface area contributed by atoms with Crippen molar-refractivity contribution in [1.82, 2.24) is 0 Å². The molecule has 2 aromatic carbocycles. The summed E-state index contributed by atoms with van der Waals surface area (Å²) < 4.78 is 20.1. The number of carbonyl (C=O) groups is 1. The van der Waals surface area contributed by atoms with Gasteiger partial charge in [-0.3, -0.25) is 5.41 Å². The van der Waals surface area contributed by atoms with Gasteiger partial charge in [0.05, 0.1) is 16.8 Å². The number of ether oxygens (including phenoxy) is 1. The molecule has 0 bridgehead atoms. The average Bonchev–Trinajstić information content (AvgIpc) is 2.66. The number of carboxylic acids is 1. The number of hydrogen-bond donors (Lipinski definition) is 3. The lowest BCUT2D eigenvalue weighted by atomic mass is 9.79. The molecular formula is C26H29FN2O3. The Labute approximate surface area is 187 Å². The number of carboxylic acid groups (broad SMARTS) is 1. The second-order valence-corrected chi connectivity index (χ2v) is 9.36. The largest absolute Gasteiger partial charge is 0.478 e. The Morgan fingerprint density at radius 3 is 2.16 bits per heavy atom. The molecule has 1 aliphatic rings. The molecule has 4 N–H and O–H groups in total.